The van der Waals surface area contributed by atoms with Gasteiger partial charge in [0.05, 0.1) is 18.4 Å². The fourth-order valence-corrected chi connectivity index (χ4v) is 4.23. The predicted octanol–water partition coefficient (Wildman–Crippen LogP) is 6.71. The minimum Gasteiger partial charge on any atom is -0.466 e. The number of aryl methyl sites for hydroxylation is 2. The third-order valence-electron chi connectivity index (χ3n) is 4.72. The van der Waals surface area contributed by atoms with Crippen LogP contribution in [0.5, 0.6) is 10.8 Å². The van der Waals surface area contributed by atoms with Gasteiger partial charge in [0.1, 0.15) is 5.75 Å². The van der Waals surface area contributed by atoms with E-state index >= 15 is 0 Å². The minimum absolute atomic E-state index is 0.0512. The highest BCUT2D eigenvalue weighted by atomic mass is 32.1. The number of halogens is 3. The highest BCUT2D eigenvalue weighted by molar-refractivity contribution is 7.12. The molecule has 0 atom stereocenters. The summed E-state index contributed by atoms with van der Waals surface area (Å²) in [5, 5.41) is 5.58. The molecule has 0 radical (unpaired) electrons. The van der Waals surface area contributed by atoms with Crippen LogP contribution in [0.3, 0.4) is 0 Å². The second kappa shape index (κ2) is 9.72. The molecule has 0 saturated carbocycles. The number of hydrogen-bond acceptors (Lipinski definition) is 6. The number of nitrogens with zero attached hydrogens (tertiary/aromatic N) is 1. The van der Waals surface area contributed by atoms with Crippen molar-refractivity contribution >= 4 is 28.3 Å². The average Bonchev–Trinajstić information content (AvgIpc) is 3.31. The van der Waals surface area contributed by atoms with Gasteiger partial charge in [0.2, 0.25) is 0 Å². The number of carbonyl (C=O) groups is 1. The van der Waals surface area contributed by atoms with E-state index in [2.05, 4.69) is 5.16 Å². The van der Waals surface area contributed by atoms with Gasteiger partial charge in [0.25, 0.3) is 0 Å². The molecule has 3 rings (SSSR count). The molecule has 2 aromatic heterocycles. The van der Waals surface area contributed by atoms with E-state index in [1.807, 2.05) is 13.8 Å². The van der Waals surface area contributed by atoms with Gasteiger partial charge in [-0.1, -0.05) is 31.8 Å². The van der Waals surface area contributed by atoms with Crippen molar-refractivity contribution in [2.45, 2.75) is 59.1 Å². The van der Waals surface area contributed by atoms with Gasteiger partial charge in [-0.2, -0.15) is 13.2 Å². The summed E-state index contributed by atoms with van der Waals surface area (Å²) in [7, 11) is 0. The summed E-state index contributed by atoms with van der Waals surface area (Å²) in [4.78, 5) is 11.9. The molecule has 0 aliphatic heterocycles. The average molecular weight is 455 g/mol. The third kappa shape index (κ3) is 5.03. The lowest BCUT2D eigenvalue weighted by molar-refractivity contribution is -0.142. The molecule has 0 unspecified atom stereocenters. The number of fused-ring (bicyclic) bond motifs is 1. The maximum Gasteiger partial charge on any atom is 0.437 e. The highest BCUT2D eigenvalue weighted by Crippen LogP contribution is 2.43. The first kappa shape index (κ1) is 23.1. The molecule has 9 heteroatoms. The highest BCUT2D eigenvalue weighted by Gasteiger charge is 2.38. The molecule has 0 bridgehead atoms. The van der Waals surface area contributed by atoms with E-state index < -0.39 is 11.9 Å². The summed E-state index contributed by atoms with van der Waals surface area (Å²) in [5.41, 5.74) is 0.946. The quantitative estimate of drug-likeness (QED) is 0.336. The van der Waals surface area contributed by atoms with Gasteiger partial charge in [-0.05, 0) is 42.8 Å². The van der Waals surface area contributed by atoms with Crippen molar-refractivity contribution in [3.63, 3.8) is 0 Å². The molecule has 1 aromatic carbocycles. The van der Waals surface area contributed by atoms with Crippen LogP contribution < -0.4 is 4.74 Å². The first-order valence-electron chi connectivity index (χ1n) is 10.2. The lowest BCUT2D eigenvalue weighted by atomic mass is 9.97. The van der Waals surface area contributed by atoms with E-state index in [1.165, 1.54) is 17.4 Å². The lowest BCUT2D eigenvalue weighted by Crippen LogP contribution is -2.08. The van der Waals surface area contributed by atoms with Gasteiger partial charge in [-0.15, -0.1) is 11.3 Å². The van der Waals surface area contributed by atoms with E-state index in [4.69, 9.17) is 14.0 Å². The Balaban J connectivity index is 2.11. The van der Waals surface area contributed by atoms with Crippen LogP contribution in [0.1, 0.15) is 56.0 Å². The van der Waals surface area contributed by atoms with E-state index in [1.54, 1.807) is 18.4 Å². The molecule has 0 spiro atoms. The van der Waals surface area contributed by atoms with Crippen molar-refractivity contribution in [2.75, 3.05) is 6.61 Å². The molecule has 0 fully saturated rings. The van der Waals surface area contributed by atoms with Gasteiger partial charge in [0.15, 0.2) is 16.3 Å². The first-order valence-corrected chi connectivity index (χ1v) is 11.1. The smallest absolute Gasteiger partial charge is 0.437 e. The van der Waals surface area contributed by atoms with Crippen LogP contribution in [0.4, 0.5) is 13.2 Å². The number of aromatic nitrogens is 1. The van der Waals surface area contributed by atoms with Gasteiger partial charge in [0, 0.05) is 11.1 Å². The molecule has 3 aromatic rings. The Hall–Kier alpha value is -2.55. The van der Waals surface area contributed by atoms with Crippen LogP contribution in [0, 0.1) is 0 Å². The summed E-state index contributed by atoms with van der Waals surface area (Å²) < 4.78 is 56.7. The Bertz CT molecular complexity index is 1060. The van der Waals surface area contributed by atoms with Crippen LogP contribution >= 0.6 is 11.3 Å². The standard InChI is InChI=1S/C22H24F3NO4S/c1-4-7-13-11-16-19(30-26-20(16)22(23,24)25)15(8-5-2)18(13)29-21-14(9-10-31-21)12-17(27)28-6-3/h9-11H,4-8,12H2,1-3H3. The number of alkyl halides is 3. The summed E-state index contributed by atoms with van der Waals surface area (Å²) in [6, 6.07) is 3.25. The van der Waals surface area contributed by atoms with Gasteiger partial charge in [-0.3, -0.25) is 4.79 Å². The zero-order valence-corrected chi connectivity index (χ0v) is 18.4. The van der Waals surface area contributed by atoms with E-state index in [0.717, 1.165) is 6.42 Å². The molecule has 5 nitrogen and oxygen atoms in total. The van der Waals surface area contributed by atoms with Crippen LogP contribution in [0.15, 0.2) is 22.0 Å². The van der Waals surface area contributed by atoms with Crippen molar-refractivity contribution in [3.8, 4) is 10.8 Å². The van der Waals surface area contributed by atoms with Gasteiger partial charge in [-0.25, -0.2) is 0 Å². The Morgan fingerprint density at radius 2 is 1.90 bits per heavy atom. The van der Waals surface area contributed by atoms with Crippen LogP contribution in [-0.4, -0.2) is 17.7 Å². The zero-order valence-electron chi connectivity index (χ0n) is 17.6. The maximum absolute atomic E-state index is 13.4. The Morgan fingerprint density at radius 3 is 2.55 bits per heavy atom. The van der Waals surface area contributed by atoms with Gasteiger partial charge < -0.3 is 14.0 Å². The molecular weight excluding hydrogens is 431 g/mol. The molecule has 0 amide bonds. The van der Waals surface area contributed by atoms with Crippen LogP contribution in [-0.2, 0) is 35.0 Å². The molecular formula is C22H24F3NO4S. The first-order chi connectivity index (χ1) is 14.8. The molecule has 2 heterocycles. The second-order valence-corrected chi connectivity index (χ2v) is 7.94. The van der Waals surface area contributed by atoms with E-state index in [-0.39, 0.29) is 30.0 Å². The molecule has 0 saturated heterocycles. The lowest BCUT2D eigenvalue weighted by Gasteiger charge is -2.16. The van der Waals surface area contributed by atoms with Crippen molar-refractivity contribution in [3.05, 3.63) is 39.9 Å². The Kier molecular flexibility index (Phi) is 7.25. The van der Waals surface area contributed by atoms with Crippen molar-refractivity contribution < 1.29 is 32.0 Å². The fraction of sp³-hybridized carbons (Fsp3) is 0.455. The number of esters is 1. The maximum atomic E-state index is 13.4. The van der Waals surface area contributed by atoms with E-state index in [0.29, 0.717) is 46.8 Å². The fourth-order valence-electron chi connectivity index (χ4n) is 3.45. The number of benzene rings is 1. The topological polar surface area (TPSA) is 61.6 Å². The summed E-state index contributed by atoms with van der Waals surface area (Å²) in [6.07, 6.45) is -2.15. The molecule has 0 aliphatic carbocycles. The monoisotopic (exact) mass is 455 g/mol. The Labute approximate surface area is 182 Å². The zero-order chi connectivity index (χ0) is 22.6. The summed E-state index contributed by atoms with van der Waals surface area (Å²) in [6.45, 7) is 5.90. The largest absolute Gasteiger partial charge is 0.466 e. The third-order valence-corrected chi connectivity index (χ3v) is 5.55. The SMILES string of the molecule is CCCc1cc2c(C(F)(F)F)noc2c(CCC)c1Oc1sccc1CC(=O)OCC. The van der Waals surface area contributed by atoms with Crippen molar-refractivity contribution in [1.29, 1.82) is 0 Å². The molecule has 168 valence electrons. The Morgan fingerprint density at radius 1 is 1.16 bits per heavy atom. The number of carbonyl (C=O) groups excluding carboxylic acids is 1. The normalized spacial score (nSPS) is 11.8. The van der Waals surface area contributed by atoms with Crippen molar-refractivity contribution in [2.24, 2.45) is 0 Å². The van der Waals surface area contributed by atoms with E-state index in [9.17, 15) is 18.0 Å². The second-order valence-electron chi connectivity index (χ2n) is 7.07. The molecule has 0 N–H and O–H groups in total. The number of rotatable bonds is 9. The predicted molar refractivity (Wildman–Crippen MR) is 112 cm³/mol. The van der Waals surface area contributed by atoms with Crippen LogP contribution in [0.2, 0.25) is 0 Å². The molecule has 0 aliphatic rings. The van der Waals surface area contributed by atoms with Crippen LogP contribution in [0.25, 0.3) is 11.0 Å². The number of ether oxygens (including phenoxy) is 2. The molecule has 31 heavy (non-hydrogen) atoms. The summed E-state index contributed by atoms with van der Waals surface area (Å²) >= 11 is 1.32. The summed E-state index contributed by atoms with van der Waals surface area (Å²) in [5.74, 6) is 0.113. The minimum atomic E-state index is -4.61. The van der Waals surface area contributed by atoms with Crippen molar-refractivity contribution in [1.82, 2.24) is 5.16 Å². The number of hydrogen-bond donors (Lipinski definition) is 0. The van der Waals surface area contributed by atoms with Gasteiger partial charge >= 0.3 is 12.1 Å². The number of thiophene rings is 1.